The molecule has 2 N–H and O–H groups in total. The molecule has 0 aliphatic rings. The average Bonchev–Trinajstić information content (AvgIpc) is 2.57. The second-order valence-corrected chi connectivity index (χ2v) is 5.44. The molecule has 5 nitrogen and oxygen atoms in total. The maximum Gasteiger partial charge on any atom is 0.203 e. The predicted octanol–water partition coefficient (Wildman–Crippen LogP) is 4.31. The Kier molecular flexibility index (Phi) is 6.05. The number of halogens is 2. The van der Waals surface area contributed by atoms with E-state index in [4.69, 9.17) is 38.0 Å². The molecule has 0 amide bonds. The van der Waals surface area contributed by atoms with Crippen molar-refractivity contribution >= 4 is 40.3 Å². The molecule has 0 heterocycles. The highest BCUT2D eigenvalue weighted by molar-refractivity contribution is 7.80. The molecule has 2 aromatic carbocycles. The molecule has 0 atom stereocenters. The largest absolute Gasteiger partial charge is 0.493 e. The molecule has 0 bridgehead atoms. The topological polar surface area (TPSA) is 51.8 Å². The number of benzene rings is 2. The zero-order valence-electron chi connectivity index (χ0n) is 13.3. The van der Waals surface area contributed by atoms with Crippen LogP contribution in [-0.4, -0.2) is 26.4 Å². The Hall–Kier alpha value is -2.25. The number of methoxy groups -OCH3 is 3. The van der Waals surface area contributed by atoms with Crippen molar-refractivity contribution in [2.45, 2.75) is 0 Å². The number of ether oxygens (including phenoxy) is 3. The Labute approximate surface area is 149 Å². The summed E-state index contributed by atoms with van der Waals surface area (Å²) in [4.78, 5) is 0. The summed E-state index contributed by atoms with van der Waals surface area (Å²) in [6.07, 6.45) is 0. The molecule has 0 saturated heterocycles. The first kappa shape index (κ1) is 18.1. The Morgan fingerprint density at radius 3 is 2.04 bits per heavy atom. The fourth-order valence-corrected chi connectivity index (χ4v) is 2.44. The molecule has 0 radical (unpaired) electrons. The van der Waals surface area contributed by atoms with Gasteiger partial charge >= 0.3 is 0 Å². The van der Waals surface area contributed by atoms with E-state index < -0.39 is 5.82 Å². The van der Waals surface area contributed by atoms with E-state index in [1.54, 1.807) is 12.1 Å². The molecule has 0 aliphatic carbocycles. The zero-order valence-corrected chi connectivity index (χ0v) is 14.8. The van der Waals surface area contributed by atoms with Crippen LogP contribution in [0, 0.1) is 5.82 Å². The van der Waals surface area contributed by atoms with Crippen molar-refractivity contribution in [2.24, 2.45) is 0 Å². The van der Waals surface area contributed by atoms with Crippen LogP contribution >= 0.6 is 23.8 Å². The molecule has 0 fully saturated rings. The lowest BCUT2D eigenvalue weighted by molar-refractivity contribution is 0.324. The third-order valence-electron chi connectivity index (χ3n) is 3.10. The van der Waals surface area contributed by atoms with E-state index in [0.717, 1.165) is 0 Å². The molecule has 8 heteroatoms. The minimum atomic E-state index is -0.495. The van der Waals surface area contributed by atoms with Gasteiger partial charge in [-0.05, 0) is 30.4 Å². The minimum Gasteiger partial charge on any atom is -0.493 e. The number of hydrogen-bond acceptors (Lipinski definition) is 4. The molecule has 0 unspecified atom stereocenters. The second kappa shape index (κ2) is 8.03. The summed E-state index contributed by atoms with van der Waals surface area (Å²) in [6.45, 7) is 0. The van der Waals surface area contributed by atoms with Gasteiger partial charge in [-0.3, -0.25) is 0 Å². The van der Waals surface area contributed by atoms with Crippen LogP contribution in [0.2, 0.25) is 5.02 Å². The SMILES string of the molecule is COc1cc(NC(=S)Nc2ccc(F)c(Cl)c2)cc(OC)c1OC. The summed E-state index contributed by atoms with van der Waals surface area (Å²) in [5.41, 5.74) is 1.20. The van der Waals surface area contributed by atoms with Gasteiger partial charge in [-0.25, -0.2) is 4.39 Å². The standard InChI is InChI=1S/C16H16ClFN2O3S/c1-21-13-7-10(8-14(22-2)15(13)23-3)20-16(24)19-9-4-5-12(18)11(17)6-9/h4-8H,1-3H3,(H2,19,20,24). The van der Waals surface area contributed by atoms with Gasteiger partial charge in [-0.15, -0.1) is 0 Å². The number of thiocarbonyl (C=S) groups is 1. The minimum absolute atomic E-state index is 0.00980. The molecule has 0 aromatic heterocycles. The first-order chi connectivity index (χ1) is 11.5. The molecule has 0 saturated carbocycles. The van der Waals surface area contributed by atoms with Crippen LogP contribution in [-0.2, 0) is 0 Å². The third kappa shape index (κ3) is 4.18. The monoisotopic (exact) mass is 370 g/mol. The van der Waals surface area contributed by atoms with E-state index in [-0.39, 0.29) is 5.02 Å². The van der Waals surface area contributed by atoms with Crippen molar-refractivity contribution in [1.82, 2.24) is 0 Å². The quantitative estimate of drug-likeness (QED) is 0.765. The Bertz CT molecular complexity index is 733. The van der Waals surface area contributed by atoms with Crippen molar-refractivity contribution in [3.05, 3.63) is 41.2 Å². The van der Waals surface area contributed by atoms with Crippen LogP contribution in [0.1, 0.15) is 0 Å². The van der Waals surface area contributed by atoms with Crippen LogP contribution in [0.3, 0.4) is 0 Å². The summed E-state index contributed by atoms with van der Waals surface area (Å²) >= 11 is 11.0. The second-order valence-electron chi connectivity index (χ2n) is 4.62. The van der Waals surface area contributed by atoms with Crippen molar-refractivity contribution in [3.8, 4) is 17.2 Å². The van der Waals surface area contributed by atoms with Gasteiger partial charge in [0.1, 0.15) is 5.82 Å². The first-order valence-electron chi connectivity index (χ1n) is 6.81. The molecule has 24 heavy (non-hydrogen) atoms. The highest BCUT2D eigenvalue weighted by Gasteiger charge is 2.14. The van der Waals surface area contributed by atoms with Gasteiger partial charge in [0.2, 0.25) is 5.75 Å². The molecule has 128 valence electrons. The lowest BCUT2D eigenvalue weighted by Crippen LogP contribution is -2.19. The van der Waals surface area contributed by atoms with Gasteiger partial charge in [0.05, 0.1) is 26.4 Å². The Balaban J connectivity index is 2.17. The van der Waals surface area contributed by atoms with Gasteiger partial charge in [-0.1, -0.05) is 11.6 Å². The summed E-state index contributed by atoms with van der Waals surface area (Å²) in [7, 11) is 4.58. The van der Waals surface area contributed by atoms with Crippen molar-refractivity contribution in [1.29, 1.82) is 0 Å². The van der Waals surface area contributed by atoms with Crippen LogP contribution < -0.4 is 24.8 Å². The van der Waals surface area contributed by atoms with Crippen LogP contribution in [0.4, 0.5) is 15.8 Å². The fraction of sp³-hybridized carbons (Fsp3) is 0.188. The van der Waals surface area contributed by atoms with Gasteiger partial charge in [0.25, 0.3) is 0 Å². The average molecular weight is 371 g/mol. The number of nitrogens with one attached hydrogen (secondary N) is 2. The smallest absolute Gasteiger partial charge is 0.203 e. The molecular formula is C16H16ClFN2O3S. The summed E-state index contributed by atoms with van der Waals surface area (Å²) in [5.74, 6) is 0.972. The van der Waals surface area contributed by atoms with Crippen LogP contribution in [0.25, 0.3) is 0 Å². The molecule has 2 rings (SSSR count). The van der Waals surface area contributed by atoms with Gasteiger partial charge in [-0.2, -0.15) is 0 Å². The number of anilines is 2. The fourth-order valence-electron chi connectivity index (χ4n) is 2.02. The molecule has 2 aromatic rings. The van der Waals surface area contributed by atoms with Crippen LogP contribution in [0.5, 0.6) is 17.2 Å². The van der Waals surface area contributed by atoms with Crippen LogP contribution in [0.15, 0.2) is 30.3 Å². The van der Waals surface area contributed by atoms with E-state index >= 15 is 0 Å². The lowest BCUT2D eigenvalue weighted by Gasteiger charge is -2.16. The van der Waals surface area contributed by atoms with Crippen molar-refractivity contribution in [3.63, 3.8) is 0 Å². The van der Waals surface area contributed by atoms with Crippen molar-refractivity contribution in [2.75, 3.05) is 32.0 Å². The van der Waals surface area contributed by atoms with E-state index in [1.807, 2.05) is 0 Å². The molecule has 0 aliphatic heterocycles. The summed E-state index contributed by atoms with van der Waals surface area (Å²) in [5, 5.41) is 6.22. The number of hydrogen-bond donors (Lipinski definition) is 2. The van der Waals surface area contributed by atoms with Crippen molar-refractivity contribution < 1.29 is 18.6 Å². The zero-order chi connectivity index (χ0) is 17.7. The number of rotatable bonds is 5. The van der Waals surface area contributed by atoms with E-state index in [9.17, 15) is 4.39 Å². The normalized spacial score (nSPS) is 10.0. The first-order valence-corrected chi connectivity index (χ1v) is 7.60. The van der Waals surface area contributed by atoms with Gasteiger partial charge in [0, 0.05) is 23.5 Å². The van der Waals surface area contributed by atoms with Gasteiger partial charge in [0.15, 0.2) is 16.6 Å². The summed E-state index contributed by atoms with van der Waals surface area (Å²) in [6, 6.07) is 7.66. The maximum atomic E-state index is 13.2. The third-order valence-corrected chi connectivity index (χ3v) is 3.59. The van der Waals surface area contributed by atoms with E-state index in [2.05, 4.69) is 10.6 Å². The Morgan fingerprint density at radius 1 is 0.958 bits per heavy atom. The highest BCUT2D eigenvalue weighted by Crippen LogP contribution is 2.39. The molecule has 0 spiro atoms. The van der Waals surface area contributed by atoms with E-state index in [0.29, 0.717) is 33.7 Å². The lowest BCUT2D eigenvalue weighted by atomic mass is 10.2. The maximum absolute atomic E-state index is 13.2. The Morgan fingerprint density at radius 2 is 1.54 bits per heavy atom. The predicted molar refractivity (Wildman–Crippen MR) is 97.4 cm³/mol. The summed E-state index contributed by atoms with van der Waals surface area (Å²) < 4.78 is 29.0. The molecular weight excluding hydrogens is 355 g/mol. The van der Waals surface area contributed by atoms with E-state index in [1.165, 1.54) is 39.5 Å². The highest BCUT2D eigenvalue weighted by atomic mass is 35.5. The van der Waals surface area contributed by atoms with Gasteiger partial charge < -0.3 is 24.8 Å².